The zero-order valence-electron chi connectivity index (χ0n) is 11.6. The first-order chi connectivity index (χ1) is 10.1. The molecular formula is C15H18Cl2N2O2. The molecule has 2 aliphatic rings. The molecule has 0 aromatic heterocycles. The molecule has 3 rings (SSSR count). The molecule has 2 aliphatic heterocycles. The summed E-state index contributed by atoms with van der Waals surface area (Å²) in [5, 5.41) is 4.46. The monoisotopic (exact) mass is 328 g/mol. The summed E-state index contributed by atoms with van der Waals surface area (Å²) in [5.74, 6) is 1.09. The van der Waals surface area contributed by atoms with E-state index in [1.54, 1.807) is 18.2 Å². The van der Waals surface area contributed by atoms with Crippen LogP contribution in [0.3, 0.4) is 0 Å². The summed E-state index contributed by atoms with van der Waals surface area (Å²) in [7, 11) is 0. The molecule has 114 valence electrons. The number of hydrogen-bond donors (Lipinski definition) is 1. The largest absolute Gasteiger partial charge is 0.482 e. The lowest BCUT2D eigenvalue weighted by Crippen LogP contribution is -2.41. The van der Waals surface area contributed by atoms with Gasteiger partial charge in [-0.2, -0.15) is 0 Å². The zero-order chi connectivity index (χ0) is 14.8. The molecule has 0 bridgehead atoms. The standard InChI is InChI=1S/C15H18Cl2N2O2/c16-11-3-4-14(12(17)6-11)21-9-15(20)19-7-10-2-1-5-18-13(10)8-19/h3-4,6,10,13,18H,1-2,5,7-9H2/t10-,13+/m0/s1. The van der Waals surface area contributed by atoms with E-state index in [-0.39, 0.29) is 12.5 Å². The van der Waals surface area contributed by atoms with E-state index in [2.05, 4.69) is 5.32 Å². The molecule has 0 aliphatic carbocycles. The second kappa shape index (κ2) is 6.42. The van der Waals surface area contributed by atoms with Gasteiger partial charge in [0.1, 0.15) is 5.75 Å². The third-order valence-corrected chi connectivity index (χ3v) is 4.73. The van der Waals surface area contributed by atoms with Gasteiger partial charge in [0.25, 0.3) is 5.91 Å². The van der Waals surface area contributed by atoms with Gasteiger partial charge in [0.15, 0.2) is 6.61 Å². The summed E-state index contributed by atoms with van der Waals surface area (Å²) in [5.41, 5.74) is 0. The van der Waals surface area contributed by atoms with Crippen molar-refractivity contribution in [2.75, 3.05) is 26.2 Å². The molecule has 2 fully saturated rings. The third kappa shape index (κ3) is 3.44. The maximum Gasteiger partial charge on any atom is 0.260 e. The third-order valence-electron chi connectivity index (χ3n) is 4.20. The molecule has 2 atom stereocenters. The predicted octanol–water partition coefficient (Wildman–Crippen LogP) is 2.58. The maximum atomic E-state index is 12.2. The second-order valence-electron chi connectivity index (χ2n) is 5.63. The van der Waals surface area contributed by atoms with Crippen LogP contribution in [0.4, 0.5) is 0 Å². The number of fused-ring (bicyclic) bond motifs is 1. The minimum atomic E-state index is 0.0113. The van der Waals surface area contributed by atoms with E-state index in [9.17, 15) is 4.79 Å². The molecule has 1 aromatic rings. The number of amides is 1. The Hall–Kier alpha value is -0.970. The van der Waals surface area contributed by atoms with E-state index in [0.717, 1.165) is 19.6 Å². The van der Waals surface area contributed by atoms with Gasteiger partial charge in [-0.15, -0.1) is 0 Å². The van der Waals surface area contributed by atoms with Crippen molar-refractivity contribution in [3.05, 3.63) is 28.2 Å². The van der Waals surface area contributed by atoms with Crippen molar-refractivity contribution in [2.24, 2.45) is 5.92 Å². The molecule has 1 aromatic carbocycles. The molecule has 2 saturated heterocycles. The lowest BCUT2D eigenvalue weighted by atomic mass is 9.94. The lowest BCUT2D eigenvalue weighted by Gasteiger charge is -2.24. The van der Waals surface area contributed by atoms with Crippen LogP contribution >= 0.6 is 23.2 Å². The molecular weight excluding hydrogens is 311 g/mol. The van der Waals surface area contributed by atoms with Gasteiger partial charge in [-0.1, -0.05) is 23.2 Å². The van der Waals surface area contributed by atoms with Gasteiger partial charge < -0.3 is 15.0 Å². The average molecular weight is 329 g/mol. The average Bonchev–Trinajstić information content (AvgIpc) is 2.90. The van der Waals surface area contributed by atoms with Crippen molar-refractivity contribution in [1.82, 2.24) is 10.2 Å². The molecule has 0 unspecified atom stereocenters. The summed E-state index contributed by atoms with van der Waals surface area (Å²) >= 11 is 11.9. The predicted molar refractivity (Wildman–Crippen MR) is 83.1 cm³/mol. The van der Waals surface area contributed by atoms with Crippen molar-refractivity contribution in [2.45, 2.75) is 18.9 Å². The van der Waals surface area contributed by atoms with Gasteiger partial charge in [-0.3, -0.25) is 4.79 Å². The number of rotatable bonds is 3. The van der Waals surface area contributed by atoms with Crippen LogP contribution in [0, 0.1) is 5.92 Å². The van der Waals surface area contributed by atoms with E-state index in [1.807, 2.05) is 4.90 Å². The SMILES string of the molecule is O=C(COc1ccc(Cl)cc1Cl)N1C[C@@H]2CCCN[C@@H]2C1. The molecule has 4 nitrogen and oxygen atoms in total. The summed E-state index contributed by atoms with van der Waals surface area (Å²) in [6.07, 6.45) is 2.39. The highest BCUT2D eigenvalue weighted by Gasteiger charge is 2.36. The van der Waals surface area contributed by atoms with Crippen molar-refractivity contribution < 1.29 is 9.53 Å². The van der Waals surface area contributed by atoms with Crippen molar-refractivity contribution in [3.8, 4) is 5.75 Å². The minimum Gasteiger partial charge on any atom is -0.482 e. The Kier molecular flexibility index (Phi) is 4.57. The van der Waals surface area contributed by atoms with Crippen LogP contribution in [0.2, 0.25) is 10.0 Å². The number of piperidine rings is 1. The van der Waals surface area contributed by atoms with Crippen LogP contribution in [-0.4, -0.2) is 43.1 Å². The highest BCUT2D eigenvalue weighted by molar-refractivity contribution is 6.35. The second-order valence-corrected chi connectivity index (χ2v) is 6.47. The first-order valence-electron chi connectivity index (χ1n) is 7.22. The quantitative estimate of drug-likeness (QED) is 0.927. The lowest BCUT2D eigenvalue weighted by molar-refractivity contribution is -0.132. The van der Waals surface area contributed by atoms with E-state index in [1.165, 1.54) is 12.8 Å². The van der Waals surface area contributed by atoms with E-state index >= 15 is 0 Å². The van der Waals surface area contributed by atoms with Gasteiger partial charge in [0.2, 0.25) is 0 Å². The summed E-state index contributed by atoms with van der Waals surface area (Å²) < 4.78 is 5.52. The van der Waals surface area contributed by atoms with E-state index < -0.39 is 0 Å². The van der Waals surface area contributed by atoms with Gasteiger partial charge in [0, 0.05) is 24.2 Å². The van der Waals surface area contributed by atoms with E-state index in [4.69, 9.17) is 27.9 Å². The Labute approximate surface area is 134 Å². The fourth-order valence-corrected chi connectivity index (χ4v) is 3.54. The number of hydrogen-bond acceptors (Lipinski definition) is 3. The molecule has 2 heterocycles. The number of likely N-dealkylation sites (tertiary alicyclic amines) is 1. The summed E-state index contributed by atoms with van der Waals surface area (Å²) in [6.45, 7) is 2.68. The fourth-order valence-electron chi connectivity index (χ4n) is 3.07. The van der Waals surface area contributed by atoms with Crippen molar-refractivity contribution in [1.29, 1.82) is 0 Å². The molecule has 0 spiro atoms. The number of carbonyl (C=O) groups excluding carboxylic acids is 1. The Morgan fingerprint density at radius 2 is 2.24 bits per heavy atom. The molecule has 21 heavy (non-hydrogen) atoms. The number of benzene rings is 1. The van der Waals surface area contributed by atoms with Gasteiger partial charge in [-0.05, 0) is 43.5 Å². The van der Waals surface area contributed by atoms with Crippen LogP contribution in [0.5, 0.6) is 5.75 Å². The van der Waals surface area contributed by atoms with Gasteiger partial charge in [0.05, 0.1) is 5.02 Å². The molecule has 0 saturated carbocycles. The number of carbonyl (C=O) groups is 1. The maximum absolute atomic E-state index is 12.2. The molecule has 0 radical (unpaired) electrons. The topological polar surface area (TPSA) is 41.6 Å². The number of nitrogens with one attached hydrogen (secondary N) is 1. The van der Waals surface area contributed by atoms with Crippen molar-refractivity contribution in [3.63, 3.8) is 0 Å². The van der Waals surface area contributed by atoms with Crippen LogP contribution in [0.25, 0.3) is 0 Å². The Morgan fingerprint density at radius 1 is 1.38 bits per heavy atom. The van der Waals surface area contributed by atoms with Crippen LogP contribution < -0.4 is 10.1 Å². The van der Waals surface area contributed by atoms with Gasteiger partial charge in [-0.25, -0.2) is 0 Å². The Balaban J connectivity index is 1.55. The van der Waals surface area contributed by atoms with Crippen LogP contribution in [-0.2, 0) is 4.79 Å². The first-order valence-corrected chi connectivity index (χ1v) is 7.98. The summed E-state index contributed by atoms with van der Waals surface area (Å²) in [6, 6.07) is 5.43. The van der Waals surface area contributed by atoms with Crippen LogP contribution in [0.15, 0.2) is 18.2 Å². The number of nitrogens with zero attached hydrogens (tertiary/aromatic N) is 1. The zero-order valence-corrected chi connectivity index (χ0v) is 13.2. The Bertz CT molecular complexity index is 524. The van der Waals surface area contributed by atoms with Crippen LogP contribution in [0.1, 0.15) is 12.8 Å². The fraction of sp³-hybridized carbons (Fsp3) is 0.533. The first kappa shape index (κ1) is 14.9. The number of halogens is 2. The van der Waals surface area contributed by atoms with E-state index in [0.29, 0.717) is 27.8 Å². The Morgan fingerprint density at radius 3 is 3.00 bits per heavy atom. The highest BCUT2D eigenvalue weighted by atomic mass is 35.5. The molecule has 6 heteroatoms. The van der Waals surface area contributed by atoms with Gasteiger partial charge >= 0.3 is 0 Å². The summed E-state index contributed by atoms with van der Waals surface area (Å²) in [4.78, 5) is 14.1. The number of ether oxygens (including phenoxy) is 1. The molecule has 1 amide bonds. The smallest absolute Gasteiger partial charge is 0.260 e. The normalized spacial score (nSPS) is 24.8. The minimum absolute atomic E-state index is 0.0113. The highest BCUT2D eigenvalue weighted by Crippen LogP contribution is 2.28. The van der Waals surface area contributed by atoms with Crippen molar-refractivity contribution >= 4 is 29.1 Å². The molecule has 1 N–H and O–H groups in total.